The van der Waals surface area contributed by atoms with Crippen LogP contribution in [-0.4, -0.2) is 63.2 Å². The number of anilines is 1. The Morgan fingerprint density at radius 2 is 2.11 bits per heavy atom. The zero-order valence-corrected chi connectivity index (χ0v) is 15.2. The Morgan fingerprint density at radius 3 is 2.93 bits per heavy atom. The standard InChI is InChI=1S/C18H20N6O4/c25-17-2-1-5-22(17)7-13-8-24(21-20-13)14-9-23(10-14)18(26)19-12-3-4-15-16(6-12)28-11-27-15/h3-4,6,8,14H,1-2,5,7,9-11H2,(H,19,26). The maximum Gasteiger partial charge on any atom is 0.321 e. The Balaban J connectivity index is 1.14. The highest BCUT2D eigenvalue weighted by atomic mass is 16.7. The number of fused-ring (bicyclic) bond motifs is 1. The fourth-order valence-electron chi connectivity index (χ4n) is 3.60. The van der Waals surface area contributed by atoms with Gasteiger partial charge in [-0.05, 0) is 18.6 Å². The summed E-state index contributed by atoms with van der Waals surface area (Å²) in [5.41, 5.74) is 1.44. The van der Waals surface area contributed by atoms with Crippen molar-refractivity contribution in [2.45, 2.75) is 25.4 Å². The SMILES string of the molecule is O=C1CCCN1Cc1cn(C2CN(C(=O)Nc3ccc4c(c3)OCO4)C2)nn1. The minimum atomic E-state index is -0.168. The van der Waals surface area contributed by atoms with E-state index in [0.717, 1.165) is 18.7 Å². The smallest absolute Gasteiger partial charge is 0.321 e. The van der Waals surface area contributed by atoms with Crippen molar-refractivity contribution >= 4 is 17.6 Å². The molecule has 3 amide bonds. The van der Waals surface area contributed by atoms with E-state index in [4.69, 9.17) is 9.47 Å². The number of nitrogens with zero attached hydrogens (tertiary/aromatic N) is 5. The number of urea groups is 1. The zero-order valence-electron chi connectivity index (χ0n) is 15.2. The molecule has 2 fully saturated rings. The third-order valence-electron chi connectivity index (χ3n) is 5.23. The van der Waals surface area contributed by atoms with Crippen molar-refractivity contribution in [3.05, 3.63) is 30.1 Å². The van der Waals surface area contributed by atoms with E-state index in [9.17, 15) is 9.59 Å². The van der Waals surface area contributed by atoms with Gasteiger partial charge in [-0.1, -0.05) is 5.21 Å². The number of carbonyl (C=O) groups is 2. The summed E-state index contributed by atoms with van der Waals surface area (Å²) in [5, 5.41) is 11.2. The Bertz CT molecular complexity index is 923. The molecule has 0 spiro atoms. The first-order chi connectivity index (χ1) is 13.7. The molecule has 10 heteroatoms. The van der Waals surface area contributed by atoms with Gasteiger partial charge in [0, 0.05) is 37.8 Å². The summed E-state index contributed by atoms with van der Waals surface area (Å²) < 4.78 is 12.4. The molecule has 0 radical (unpaired) electrons. The highest BCUT2D eigenvalue weighted by Gasteiger charge is 2.33. The number of amides is 3. The monoisotopic (exact) mass is 384 g/mol. The molecule has 5 rings (SSSR count). The summed E-state index contributed by atoms with van der Waals surface area (Å²) in [5.74, 6) is 1.48. The predicted octanol–water partition coefficient (Wildman–Crippen LogP) is 1.22. The van der Waals surface area contributed by atoms with Gasteiger partial charge >= 0.3 is 6.03 Å². The molecule has 3 aliphatic rings. The van der Waals surface area contributed by atoms with Gasteiger partial charge in [0.25, 0.3) is 0 Å². The molecule has 0 aliphatic carbocycles. The van der Waals surface area contributed by atoms with E-state index >= 15 is 0 Å². The van der Waals surface area contributed by atoms with Crippen molar-refractivity contribution in [3.8, 4) is 11.5 Å². The minimum absolute atomic E-state index is 0.0954. The Hall–Kier alpha value is -3.30. The van der Waals surface area contributed by atoms with Crippen LogP contribution in [0.5, 0.6) is 11.5 Å². The van der Waals surface area contributed by atoms with Crippen molar-refractivity contribution in [1.29, 1.82) is 0 Å². The highest BCUT2D eigenvalue weighted by Crippen LogP contribution is 2.34. The van der Waals surface area contributed by atoms with Crippen LogP contribution in [-0.2, 0) is 11.3 Å². The van der Waals surface area contributed by atoms with Gasteiger partial charge in [-0.25, -0.2) is 9.48 Å². The average Bonchev–Trinajstić information content (AvgIpc) is 3.36. The number of nitrogens with one attached hydrogen (secondary N) is 1. The third kappa shape index (κ3) is 3.10. The summed E-state index contributed by atoms with van der Waals surface area (Å²) in [7, 11) is 0. The fourth-order valence-corrected chi connectivity index (χ4v) is 3.60. The molecule has 146 valence electrons. The molecule has 0 saturated carbocycles. The molecule has 2 aromatic rings. The second-order valence-electron chi connectivity index (χ2n) is 7.17. The van der Waals surface area contributed by atoms with Crippen LogP contribution in [0.3, 0.4) is 0 Å². The minimum Gasteiger partial charge on any atom is -0.454 e. The zero-order chi connectivity index (χ0) is 19.1. The molecule has 2 saturated heterocycles. The number of ether oxygens (including phenoxy) is 2. The summed E-state index contributed by atoms with van der Waals surface area (Å²) in [6.07, 6.45) is 3.39. The van der Waals surface area contributed by atoms with Crippen molar-refractivity contribution in [1.82, 2.24) is 24.8 Å². The quantitative estimate of drug-likeness (QED) is 0.850. The lowest BCUT2D eigenvalue weighted by molar-refractivity contribution is -0.128. The lowest BCUT2D eigenvalue weighted by Crippen LogP contribution is -2.52. The normalized spacial score (nSPS) is 18.5. The van der Waals surface area contributed by atoms with Gasteiger partial charge in [0.15, 0.2) is 11.5 Å². The first-order valence-corrected chi connectivity index (χ1v) is 9.30. The highest BCUT2D eigenvalue weighted by molar-refractivity contribution is 5.90. The Morgan fingerprint density at radius 1 is 1.25 bits per heavy atom. The van der Waals surface area contributed by atoms with Gasteiger partial charge in [-0.15, -0.1) is 5.10 Å². The van der Waals surface area contributed by atoms with Gasteiger partial charge in [0.05, 0.1) is 18.8 Å². The Labute approximate surface area is 161 Å². The maximum absolute atomic E-state index is 12.4. The van der Waals surface area contributed by atoms with Crippen molar-refractivity contribution < 1.29 is 19.1 Å². The first-order valence-electron chi connectivity index (χ1n) is 9.30. The number of benzene rings is 1. The van der Waals surface area contributed by atoms with Crippen LogP contribution in [0.1, 0.15) is 24.6 Å². The van der Waals surface area contributed by atoms with E-state index in [-0.39, 0.29) is 24.8 Å². The second-order valence-corrected chi connectivity index (χ2v) is 7.17. The summed E-state index contributed by atoms with van der Waals surface area (Å²) in [6, 6.07) is 5.24. The molecule has 1 aromatic carbocycles. The molecule has 3 aliphatic heterocycles. The molecule has 0 unspecified atom stereocenters. The molecule has 28 heavy (non-hydrogen) atoms. The van der Waals surface area contributed by atoms with Gasteiger partial charge in [-0.3, -0.25) is 4.79 Å². The van der Waals surface area contributed by atoms with Gasteiger partial charge in [0.2, 0.25) is 12.7 Å². The molecule has 0 atom stereocenters. The van der Waals surface area contributed by atoms with Crippen LogP contribution < -0.4 is 14.8 Å². The topological polar surface area (TPSA) is 102 Å². The van der Waals surface area contributed by atoms with Crippen molar-refractivity contribution in [3.63, 3.8) is 0 Å². The number of aromatic nitrogens is 3. The van der Waals surface area contributed by atoms with Gasteiger partial charge < -0.3 is 24.6 Å². The van der Waals surface area contributed by atoms with E-state index in [1.54, 1.807) is 32.7 Å². The number of hydrogen-bond acceptors (Lipinski definition) is 6. The molecule has 4 heterocycles. The predicted molar refractivity (Wildman–Crippen MR) is 96.9 cm³/mol. The van der Waals surface area contributed by atoms with Crippen LogP contribution >= 0.6 is 0 Å². The average molecular weight is 384 g/mol. The van der Waals surface area contributed by atoms with Crippen LogP contribution in [0.4, 0.5) is 10.5 Å². The number of likely N-dealkylation sites (tertiary alicyclic amines) is 2. The van der Waals surface area contributed by atoms with E-state index < -0.39 is 0 Å². The van der Waals surface area contributed by atoms with Crippen molar-refractivity contribution in [2.24, 2.45) is 0 Å². The van der Waals surface area contributed by atoms with Crippen molar-refractivity contribution in [2.75, 3.05) is 31.7 Å². The van der Waals surface area contributed by atoms with Crippen LogP contribution in [0, 0.1) is 0 Å². The lowest BCUT2D eigenvalue weighted by atomic mass is 10.1. The molecule has 0 bridgehead atoms. The van der Waals surface area contributed by atoms with Gasteiger partial charge in [0.1, 0.15) is 5.69 Å². The fraction of sp³-hybridized carbons (Fsp3) is 0.444. The van der Waals surface area contributed by atoms with Crippen LogP contribution in [0.15, 0.2) is 24.4 Å². The largest absolute Gasteiger partial charge is 0.454 e. The maximum atomic E-state index is 12.4. The number of carbonyl (C=O) groups excluding carboxylic acids is 2. The van der Waals surface area contributed by atoms with E-state index in [0.29, 0.717) is 43.2 Å². The summed E-state index contributed by atoms with van der Waals surface area (Å²) >= 11 is 0. The second kappa shape index (κ2) is 6.70. The summed E-state index contributed by atoms with van der Waals surface area (Å²) in [4.78, 5) is 27.6. The molecule has 1 N–H and O–H groups in total. The first kappa shape index (κ1) is 16.8. The molecule has 10 nitrogen and oxygen atoms in total. The van der Waals surface area contributed by atoms with Gasteiger partial charge in [-0.2, -0.15) is 0 Å². The van der Waals surface area contributed by atoms with E-state index in [1.165, 1.54) is 0 Å². The Kier molecular flexibility index (Phi) is 4.03. The van der Waals surface area contributed by atoms with Crippen LogP contribution in [0.25, 0.3) is 0 Å². The van der Waals surface area contributed by atoms with E-state index in [2.05, 4.69) is 15.6 Å². The van der Waals surface area contributed by atoms with Crippen LogP contribution in [0.2, 0.25) is 0 Å². The lowest BCUT2D eigenvalue weighted by Gasteiger charge is -2.38. The van der Waals surface area contributed by atoms with E-state index in [1.807, 2.05) is 6.20 Å². The third-order valence-corrected chi connectivity index (χ3v) is 5.23. The molecular weight excluding hydrogens is 364 g/mol. The number of rotatable bonds is 4. The molecular formula is C18H20N6O4. The molecule has 1 aromatic heterocycles. The summed E-state index contributed by atoms with van der Waals surface area (Å²) in [6.45, 7) is 2.60. The number of hydrogen-bond donors (Lipinski definition) is 1.